The van der Waals surface area contributed by atoms with E-state index >= 15 is 0 Å². The van der Waals surface area contributed by atoms with Crippen molar-refractivity contribution < 1.29 is 30.0 Å². The maximum Gasteiger partial charge on any atom is 0.378 e. The number of cyclic esters (lactones) is 1. The summed E-state index contributed by atoms with van der Waals surface area (Å²) < 4.78 is 4.97. The summed E-state index contributed by atoms with van der Waals surface area (Å²) in [5.74, 6) is -2.91. The van der Waals surface area contributed by atoms with Crippen molar-refractivity contribution in [2.24, 2.45) is 0 Å². The van der Waals surface area contributed by atoms with Crippen LogP contribution < -0.4 is 0 Å². The molecule has 0 unspecified atom stereocenters. The zero-order valence-electron chi connectivity index (χ0n) is 10.2. The number of hydrogen-bond acceptors (Lipinski definition) is 6. The van der Waals surface area contributed by atoms with E-state index in [0.29, 0.717) is 11.1 Å². The summed E-state index contributed by atoms with van der Waals surface area (Å²) >= 11 is 0. The van der Waals surface area contributed by atoms with Crippen LogP contribution in [0.4, 0.5) is 0 Å². The van der Waals surface area contributed by atoms with E-state index < -0.39 is 35.8 Å². The Labute approximate surface area is 109 Å². The molecular formula is C13H14O6. The van der Waals surface area contributed by atoms with Crippen LogP contribution in [0.5, 0.6) is 0 Å². The first-order valence-electron chi connectivity index (χ1n) is 5.66. The van der Waals surface area contributed by atoms with E-state index in [0.717, 1.165) is 0 Å². The first-order valence-corrected chi connectivity index (χ1v) is 5.66. The second-order valence-corrected chi connectivity index (χ2v) is 4.34. The minimum absolute atomic E-state index is 0.298. The molecule has 0 aliphatic carbocycles. The third kappa shape index (κ3) is 1.76. The zero-order valence-corrected chi connectivity index (χ0v) is 10.2. The van der Waals surface area contributed by atoms with Crippen LogP contribution in [-0.4, -0.2) is 39.1 Å². The Bertz CT molecular complexity index is 550. The quantitative estimate of drug-likeness (QED) is 0.591. The van der Waals surface area contributed by atoms with Gasteiger partial charge in [0.25, 0.3) is 0 Å². The lowest BCUT2D eigenvalue weighted by Crippen LogP contribution is -2.44. The summed E-state index contributed by atoms with van der Waals surface area (Å²) in [5.41, 5.74) is -1.04. The molecule has 0 spiro atoms. The van der Waals surface area contributed by atoms with Gasteiger partial charge in [-0.15, -0.1) is 0 Å². The van der Waals surface area contributed by atoms with Gasteiger partial charge in [0.2, 0.25) is 11.4 Å². The van der Waals surface area contributed by atoms with E-state index in [-0.39, 0.29) is 0 Å². The van der Waals surface area contributed by atoms with Gasteiger partial charge in [-0.25, -0.2) is 4.79 Å². The predicted molar refractivity (Wildman–Crippen MR) is 64.3 cm³/mol. The minimum Gasteiger partial charge on any atom is -0.505 e. The van der Waals surface area contributed by atoms with Crippen LogP contribution in [0.3, 0.4) is 0 Å². The predicted octanol–water partition coefficient (Wildman–Crippen LogP) is 0.428. The monoisotopic (exact) mass is 266 g/mol. The fraction of sp³-hybridized carbons (Fsp3) is 0.308. The number of ether oxygens (including phenoxy) is 1. The molecule has 6 heteroatoms. The van der Waals surface area contributed by atoms with Gasteiger partial charge in [-0.2, -0.15) is 0 Å². The molecule has 1 aliphatic heterocycles. The lowest BCUT2D eigenvalue weighted by atomic mass is 9.84. The molecule has 2 atom stereocenters. The lowest BCUT2D eigenvalue weighted by Gasteiger charge is -2.33. The van der Waals surface area contributed by atoms with Gasteiger partial charge < -0.3 is 25.2 Å². The molecule has 1 aromatic carbocycles. The number of carbonyl (C=O) groups is 1. The molecule has 0 radical (unpaired) electrons. The van der Waals surface area contributed by atoms with Crippen LogP contribution in [0.15, 0.2) is 35.8 Å². The first kappa shape index (κ1) is 13.4. The highest BCUT2D eigenvalue weighted by atomic mass is 16.6. The average Bonchev–Trinajstić information content (AvgIpc) is 2.64. The molecule has 0 bridgehead atoms. The van der Waals surface area contributed by atoms with E-state index in [2.05, 4.69) is 0 Å². The fourth-order valence-electron chi connectivity index (χ4n) is 2.22. The largest absolute Gasteiger partial charge is 0.505 e. The lowest BCUT2D eigenvalue weighted by molar-refractivity contribution is -0.166. The van der Waals surface area contributed by atoms with Crippen LogP contribution in [0.2, 0.25) is 0 Å². The van der Waals surface area contributed by atoms with Crippen molar-refractivity contribution in [3.05, 3.63) is 46.9 Å². The van der Waals surface area contributed by atoms with Crippen LogP contribution in [0, 0.1) is 6.92 Å². The SMILES string of the molecule is Cc1ccccc1[C@]1([C@@H](O)CO)OC(=O)C(O)=C1O. The minimum atomic E-state index is -1.97. The van der Waals surface area contributed by atoms with Gasteiger partial charge >= 0.3 is 5.97 Å². The number of esters is 1. The molecular weight excluding hydrogens is 252 g/mol. The van der Waals surface area contributed by atoms with E-state index in [1.165, 1.54) is 6.07 Å². The Kier molecular flexibility index (Phi) is 3.21. The molecule has 0 saturated heterocycles. The van der Waals surface area contributed by atoms with E-state index in [4.69, 9.17) is 9.84 Å². The van der Waals surface area contributed by atoms with E-state index in [1.54, 1.807) is 25.1 Å². The second kappa shape index (κ2) is 4.56. The van der Waals surface area contributed by atoms with Gasteiger partial charge in [-0.1, -0.05) is 24.3 Å². The Morgan fingerprint density at radius 3 is 2.42 bits per heavy atom. The van der Waals surface area contributed by atoms with Crippen molar-refractivity contribution in [3.8, 4) is 0 Å². The van der Waals surface area contributed by atoms with Crippen LogP contribution in [0.25, 0.3) is 0 Å². The van der Waals surface area contributed by atoms with Crippen LogP contribution in [0.1, 0.15) is 11.1 Å². The third-order valence-corrected chi connectivity index (χ3v) is 3.21. The van der Waals surface area contributed by atoms with Gasteiger partial charge in [0, 0.05) is 5.56 Å². The summed E-state index contributed by atoms with van der Waals surface area (Å²) in [4.78, 5) is 11.4. The van der Waals surface area contributed by atoms with Crippen molar-refractivity contribution in [2.45, 2.75) is 18.6 Å². The van der Waals surface area contributed by atoms with Gasteiger partial charge in [0.15, 0.2) is 5.76 Å². The smallest absolute Gasteiger partial charge is 0.378 e. The van der Waals surface area contributed by atoms with Crippen molar-refractivity contribution in [1.82, 2.24) is 0 Å². The molecule has 0 amide bonds. The normalized spacial score (nSPS) is 24.5. The number of aryl methyl sites for hydroxylation is 1. The maximum absolute atomic E-state index is 11.4. The summed E-state index contributed by atoms with van der Waals surface area (Å²) in [5, 5.41) is 38.5. The number of carbonyl (C=O) groups excluding carboxylic acids is 1. The topological polar surface area (TPSA) is 107 Å². The molecule has 0 fully saturated rings. The summed E-state index contributed by atoms with van der Waals surface area (Å²) in [7, 11) is 0. The number of aliphatic hydroxyl groups excluding tert-OH is 4. The summed E-state index contributed by atoms with van der Waals surface area (Å²) in [6.45, 7) is 0.941. The van der Waals surface area contributed by atoms with Crippen molar-refractivity contribution in [2.75, 3.05) is 6.61 Å². The number of rotatable bonds is 3. The van der Waals surface area contributed by atoms with Crippen molar-refractivity contribution in [1.29, 1.82) is 0 Å². The van der Waals surface area contributed by atoms with Gasteiger partial charge in [0.05, 0.1) is 6.61 Å². The molecule has 102 valence electrons. The van der Waals surface area contributed by atoms with E-state index in [9.17, 15) is 20.1 Å². The average molecular weight is 266 g/mol. The van der Waals surface area contributed by atoms with Gasteiger partial charge in [-0.05, 0) is 12.5 Å². The Balaban J connectivity index is 2.69. The molecule has 19 heavy (non-hydrogen) atoms. The van der Waals surface area contributed by atoms with Crippen LogP contribution in [-0.2, 0) is 15.1 Å². The molecule has 1 heterocycles. The molecule has 1 aromatic rings. The Morgan fingerprint density at radius 2 is 1.95 bits per heavy atom. The molecule has 1 aliphatic rings. The fourth-order valence-corrected chi connectivity index (χ4v) is 2.22. The molecule has 4 N–H and O–H groups in total. The summed E-state index contributed by atoms with van der Waals surface area (Å²) in [6.07, 6.45) is -1.60. The summed E-state index contributed by atoms with van der Waals surface area (Å²) in [6, 6.07) is 6.59. The number of benzene rings is 1. The van der Waals surface area contributed by atoms with Crippen molar-refractivity contribution in [3.63, 3.8) is 0 Å². The van der Waals surface area contributed by atoms with E-state index in [1.807, 2.05) is 0 Å². The Morgan fingerprint density at radius 1 is 1.32 bits per heavy atom. The standard InChI is InChI=1S/C13H14O6/c1-7-4-2-3-5-8(7)13(9(15)6-14)11(17)10(16)12(18)19-13/h2-5,9,14-17H,6H2,1H3/t9-,13+/m0/s1. The number of hydrogen-bond donors (Lipinski definition) is 4. The highest BCUT2D eigenvalue weighted by Gasteiger charge is 2.55. The van der Waals surface area contributed by atoms with Gasteiger partial charge in [0.1, 0.15) is 6.10 Å². The molecule has 2 rings (SSSR count). The van der Waals surface area contributed by atoms with Crippen molar-refractivity contribution >= 4 is 5.97 Å². The van der Waals surface area contributed by atoms with Gasteiger partial charge in [-0.3, -0.25) is 0 Å². The first-order chi connectivity index (χ1) is 8.95. The number of aliphatic hydroxyl groups is 4. The Hall–Kier alpha value is -2.05. The third-order valence-electron chi connectivity index (χ3n) is 3.21. The molecule has 0 saturated carbocycles. The molecule has 0 aromatic heterocycles. The zero-order chi connectivity index (χ0) is 14.2. The maximum atomic E-state index is 11.4. The van der Waals surface area contributed by atoms with Crippen LogP contribution >= 0.6 is 0 Å². The second-order valence-electron chi connectivity index (χ2n) is 4.34. The highest BCUT2D eigenvalue weighted by Crippen LogP contribution is 2.43. The highest BCUT2D eigenvalue weighted by molar-refractivity contribution is 5.90. The molecule has 6 nitrogen and oxygen atoms in total.